The molecular weight excluding hydrogens is 308 g/mol. The van der Waals surface area contributed by atoms with Gasteiger partial charge in [0, 0.05) is 49.8 Å². The molecule has 0 aliphatic carbocycles. The number of hydrogen-bond acceptors (Lipinski definition) is 3. The van der Waals surface area contributed by atoms with Crippen molar-refractivity contribution in [3.63, 3.8) is 0 Å². The summed E-state index contributed by atoms with van der Waals surface area (Å²) in [7, 11) is 3.46. The lowest BCUT2D eigenvalue weighted by atomic mass is 10.1. The van der Waals surface area contributed by atoms with Gasteiger partial charge in [-0.25, -0.2) is 0 Å². The second kappa shape index (κ2) is 7.73. The van der Waals surface area contributed by atoms with Crippen LogP contribution in [-0.4, -0.2) is 54.5 Å². The third kappa shape index (κ3) is 4.89. The van der Waals surface area contributed by atoms with Crippen molar-refractivity contribution in [2.75, 3.05) is 32.9 Å². The SMILES string of the molecule is CN=C(NCc1ccc(C(=O)NC)cc1)N1CCSC(C)(C)C1. The third-order valence-corrected chi connectivity index (χ3v) is 5.13. The van der Waals surface area contributed by atoms with Crippen LogP contribution in [0.2, 0.25) is 0 Å². The summed E-state index contributed by atoms with van der Waals surface area (Å²) in [6.07, 6.45) is 0. The lowest BCUT2D eigenvalue weighted by Crippen LogP contribution is -2.50. The first kappa shape index (κ1) is 17.7. The number of guanidine groups is 1. The van der Waals surface area contributed by atoms with Crippen molar-refractivity contribution < 1.29 is 4.79 Å². The van der Waals surface area contributed by atoms with Crippen LogP contribution >= 0.6 is 11.8 Å². The summed E-state index contributed by atoms with van der Waals surface area (Å²) >= 11 is 2.01. The van der Waals surface area contributed by atoms with E-state index in [0.29, 0.717) is 12.1 Å². The summed E-state index contributed by atoms with van der Waals surface area (Å²) in [5.41, 5.74) is 1.81. The Balaban J connectivity index is 1.94. The van der Waals surface area contributed by atoms with Crippen LogP contribution in [0.4, 0.5) is 0 Å². The normalized spacial score (nSPS) is 17.7. The number of carbonyl (C=O) groups excluding carboxylic acids is 1. The molecule has 0 atom stereocenters. The number of nitrogens with zero attached hydrogens (tertiary/aromatic N) is 2. The van der Waals surface area contributed by atoms with Gasteiger partial charge in [-0.15, -0.1) is 0 Å². The van der Waals surface area contributed by atoms with Crippen LogP contribution in [0.15, 0.2) is 29.3 Å². The summed E-state index contributed by atoms with van der Waals surface area (Å²) in [5, 5.41) is 6.05. The lowest BCUT2D eigenvalue weighted by molar-refractivity contribution is 0.0963. The molecule has 0 aromatic heterocycles. The second-order valence-corrected chi connectivity index (χ2v) is 8.01. The summed E-state index contributed by atoms with van der Waals surface area (Å²) in [4.78, 5) is 18.3. The van der Waals surface area contributed by atoms with E-state index in [9.17, 15) is 4.79 Å². The van der Waals surface area contributed by atoms with Crippen molar-refractivity contribution in [3.05, 3.63) is 35.4 Å². The first-order chi connectivity index (χ1) is 10.9. The van der Waals surface area contributed by atoms with E-state index >= 15 is 0 Å². The highest BCUT2D eigenvalue weighted by Gasteiger charge is 2.28. The molecule has 1 amide bonds. The van der Waals surface area contributed by atoms with Gasteiger partial charge in [0.15, 0.2) is 5.96 Å². The van der Waals surface area contributed by atoms with Gasteiger partial charge >= 0.3 is 0 Å². The minimum Gasteiger partial charge on any atom is -0.355 e. The molecule has 1 heterocycles. The Labute approximate surface area is 142 Å². The Kier molecular flexibility index (Phi) is 5.93. The van der Waals surface area contributed by atoms with Gasteiger partial charge in [-0.05, 0) is 31.5 Å². The highest BCUT2D eigenvalue weighted by molar-refractivity contribution is 8.00. The Morgan fingerprint density at radius 3 is 2.61 bits per heavy atom. The smallest absolute Gasteiger partial charge is 0.251 e. The zero-order valence-electron chi connectivity index (χ0n) is 14.3. The minimum atomic E-state index is -0.0617. The van der Waals surface area contributed by atoms with E-state index in [0.717, 1.165) is 30.4 Å². The molecule has 1 aliphatic heterocycles. The monoisotopic (exact) mass is 334 g/mol. The summed E-state index contributed by atoms with van der Waals surface area (Å²) < 4.78 is 0.255. The van der Waals surface area contributed by atoms with E-state index in [2.05, 4.69) is 34.4 Å². The minimum absolute atomic E-state index is 0.0617. The third-order valence-electron chi connectivity index (χ3n) is 3.83. The zero-order chi connectivity index (χ0) is 16.9. The fraction of sp³-hybridized carbons (Fsp3) is 0.529. The molecule has 0 spiro atoms. The van der Waals surface area contributed by atoms with Crippen LogP contribution in [0, 0.1) is 0 Å². The molecule has 2 N–H and O–H groups in total. The van der Waals surface area contributed by atoms with E-state index in [1.807, 2.05) is 43.1 Å². The Morgan fingerprint density at radius 1 is 1.35 bits per heavy atom. The number of hydrogen-bond donors (Lipinski definition) is 2. The number of carbonyl (C=O) groups is 1. The highest BCUT2D eigenvalue weighted by atomic mass is 32.2. The molecule has 23 heavy (non-hydrogen) atoms. The quantitative estimate of drug-likeness (QED) is 0.655. The molecule has 2 rings (SSSR count). The Hall–Kier alpha value is -1.69. The van der Waals surface area contributed by atoms with E-state index < -0.39 is 0 Å². The molecule has 0 bridgehead atoms. The van der Waals surface area contributed by atoms with Crippen molar-refractivity contribution in [2.24, 2.45) is 4.99 Å². The fourth-order valence-corrected chi connectivity index (χ4v) is 3.74. The molecule has 1 fully saturated rings. The molecule has 0 radical (unpaired) electrons. The molecular formula is C17H26N4OS. The maximum atomic E-state index is 11.6. The van der Waals surface area contributed by atoms with Crippen LogP contribution in [0.25, 0.3) is 0 Å². The molecule has 1 aromatic rings. The van der Waals surface area contributed by atoms with Gasteiger partial charge in [-0.1, -0.05) is 12.1 Å². The van der Waals surface area contributed by atoms with Crippen molar-refractivity contribution >= 4 is 23.6 Å². The lowest BCUT2D eigenvalue weighted by Gasteiger charge is -2.39. The highest BCUT2D eigenvalue weighted by Crippen LogP contribution is 2.29. The molecule has 1 saturated heterocycles. The zero-order valence-corrected chi connectivity index (χ0v) is 15.2. The van der Waals surface area contributed by atoms with Crippen molar-refractivity contribution in [2.45, 2.75) is 25.1 Å². The predicted octanol–water partition coefficient (Wildman–Crippen LogP) is 1.95. The van der Waals surface area contributed by atoms with E-state index in [1.165, 1.54) is 0 Å². The topological polar surface area (TPSA) is 56.7 Å². The van der Waals surface area contributed by atoms with Gasteiger partial charge in [0.1, 0.15) is 0 Å². The number of thioether (sulfide) groups is 1. The van der Waals surface area contributed by atoms with E-state index in [4.69, 9.17) is 0 Å². The number of benzene rings is 1. The van der Waals surface area contributed by atoms with Gasteiger partial charge < -0.3 is 15.5 Å². The first-order valence-electron chi connectivity index (χ1n) is 7.86. The van der Waals surface area contributed by atoms with Crippen molar-refractivity contribution in [1.82, 2.24) is 15.5 Å². The van der Waals surface area contributed by atoms with Gasteiger partial charge in [-0.2, -0.15) is 11.8 Å². The van der Waals surface area contributed by atoms with Crippen molar-refractivity contribution in [1.29, 1.82) is 0 Å². The Bertz CT molecular complexity index is 568. The van der Waals surface area contributed by atoms with Gasteiger partial charge in [-0.3, -0.25) is 9.79 Å². The molecule has 0 saturated carbocycles. The average molecular weight is 334 g/mol. The van der Waals surface area contributed by atoms with Crippen molar-refractivity contribution in [3.8, 4) is 0 Å². The molecule has 5 nitrogen and oxygen atoms in total. The maximum absolute atomic E-state index is 11.6. The second-order valence-electron chi connectivity index (χ2n) is 6.21. The summed E-state index contributed by atoms with van der Waals surface area (Å²) in [5.74, 6) is 2.00. The average Bonchev–Trinajstić information content (AvgIpc) is 2.54. The van der Waals surface area contributed by atoms with E-state index in [-0.39, 0.29) is 10.7 Å². The fourth-order valence-electron chi connectivity index (χ4n) is 2.63. The van der Waals surface area contributed by atoms with Gasteiger partial charge in [0.25, 0.3) is 5.91 Å². The van der Waals surface area contributed by atoms with Crippen LogP contribution in [-0.2, 0) is 6.54 Å². The largest absolute Gasteiger partial charge is 0.355 e. The number of aliphatic imine (C=N–C) groups is 1. The van der Waals surface area contributed by atoms with Crippen LogP contribution in [0.1, 0.15) is 29.8 Å². The number of rotatable bonds is 3. The van der Waals surface area contributed by atoms with Gasteiger partial charge in [0.05, 0.1) is 0 Å². The first-order valence-corrected chi connectivity index (χ1v) is 8.84. The number of nitrogens with one attached hydrogen (secondary N) is 2. The van der Waals surface area contributed by atoms with E-state index in [1.54, 1.807) is 7.05 Å². The molecule has 126 valence electrons. The summed E-state index contributed by atoms with van der Waals surface area (Å²) in [6, 6.07) is 7.64. The molecule has 0 unspecified atom stereocenters. The predicted molar refractivity (Wildman–Crippen MR) is 98.1 cm³/mol. The van der Waals surface area contributed by atoms with Crippen LogP contribution in [0.5, 0.6) is 0 Å². The maximum Gasteiger partial charge on any atom is 0.251 e. The Morgan fingerprint density at radius 2 is 2.04 bits per heavy atom. The molecule has 1 aromatic carbocycles. The van der Waals surface area contributed by atoms with Crippen LogP contribution < -0.4 is 10.6 Å². The van der Waals surface area contributed by atoms with Gasteiger partial charge in [0.2, 0.25) is 0 Å². The number of amides is 1. The van der Waals surface area contributed by atoms with Crippen LogP contribution in [0.3, 0.4) is 0 Å². The standard InChI is InChI=1S/C17H26N4OS/c1-17(2)12-21(9-10-23-17)16(19-4)20-11-13-5-7-14(8-6-13)15(22)18-3/h5-8H,9-12H2,1-4H3,(H,18,22)(H,19,20). The molecule has 1 aliphatic rings. The molecule has 6 heteroatoms. The summed E-state index contributed by atoms with van der Waals surface area (Å²) in [6.45, 7) is 7.25.